The summed E-state index contributed by atoms with van der Waals surface area (Å²) in [5, 5.41) is 24.5. The fourth-order valence-electron chi connectivity index (χ4n) is 2.92. The van der Waals surface area contributed by atoms with Gasteiger partial charge in [-0.2, -0.15) is 0 Å². The topological polar surface area (TPSA) is 97.2 Å². The van der Waals surface area contributed by atoms with Gasteiger partial charge in [-0.1, -0.05) is 42.0 Å². The summed E-state index contributed by atoms with van der Waals surface area (Å²) in [4.78, 5) is 11.4. The average Bonchev–Trinajstić information content (AvgIpc) is 2.70. The second-order valence-electron chi connectivity index (χ2n) is 6.51. The lowest BCUT2D eigenvalue weighted by Crippen LogP contribution is -2.69. The first kappa shape index (κ1) is 22.4. The van der Waals surface area contributed by atoms with Gasteiger partial charge in [-0.15, -0.1) is 0 Å². The van der Waals surface area contributed by atoms with Crippen molar-refractivity contribution in [3.63, 3.8) is 0 Å². The molecular formula is C19H27NO6Si2. The average molecular weight is 422 g/mol. The number of aliphatic hydroxyl groups excluding tert-OH is 2. The molecule has 3 N–H and O–H groups in total. The zero-order valence-electron chi connectivity index (χ0n) is 16.6. The van der Waals surface area contributed by atoms with Gasteiger partial charge in [0.25, 0.3) is 8.32 Å². The summed E-state index contributed by atoms with van der Waals surface area (Å²) >= 11 is 0. The number of amides is 1. The summed E-state index contributed by atoms with van der Waals surface area (Å²) in [6.07, 6.45) is -0.668. The van der Waals surface area contributed by atoms with Crippen LogP contribution in [0.1, 0.15) is 12.5 Å². The minimum absolute atomic E-state index is 0.200. The maximum Gasteiger partial charge on any atom is 0.526 e. The Labute approximate surface area is 167 Å². The Balaban J connectivity index is 2.51. The van der Waals surface area contributed by atoms with Crippen LogP contribution in [0.4, 0.5) is 5.69 Å². The quantitative estimate of drug-likeness (QED) is 0.505. The fourth-order valence-corrected chi connectivity index (χ4v) is 9.62. The van der Waals surface area contributed by atoms with E-state index in [2.05, 4.69) is 5.32 Å². The Hall–Kier alpha value is -1.86. The molecule has 9 heteroatoms. The number of rotatable bonds is 9. The van der Waals surface area contributed by atoms with Crippen molar-refractivity contribution in [2.24, 2.45) is 0 Å². The molecule has 1 amide bonds. The van der Waals surface area contributed by atoms with Crippen molar-refractivity contribution >= 4 is 39.1 Å². The molecule has 0 bridgehead atoms. The monoisotopic (exact) mass is 421 g/mol. The van der Waals surface area contributed by atoms with Gasteiger partial charge in [-0.25, -0.2) is 0 Å². The molecule has 2 aromatic carbocycles. The molecule has 0 heterocycles. The van der Waals surface area contributed by atoms with E-state index in [1.807, 2.05) is 31.2 Å². The van der Waals surface area contributed by atoms with Gasteiger partial charge < -0.3 is 28.5 Å². The molecule has 0 aliphatic carbocycles. The van der Waals surface area contributed by atoms with Gasteiger partial charge in [-0.05, 0) is 24.2 Å². The molecular weight excluding hydrogens is 394 g/mol. The zero-order valence-corrected chi connectivity index (χ0v) is 18.6. The first-order chi connectivity index (χ1) is 13.3. The van der Waals surface area contributed by atoms with Gasteiger partial charge in [0.05, 0.1) is 12.5 Å². The van der Waals surface area contributed by atoms with Crippen LogP contribution in [0.15, 0.2) is 48.5 Å². The zero-order chi connectivity index (χ0) is 20.8. The van der Waals surface area contributed by atoms with Crippen LogP contribution < -0.4 is 15.7 Å². The van der Waals surface area contributed by atoms with E-state index in [1.54, 1.807) is 24.3 Å². The highest BCUT2D eigenvalue weighted by molar-refractivity contribution is 6.94. The lowest BCUT2D eigenvalue weighted by Gasteiger charge is -2.37. The molecule has 152 valence electrons. The smallest absolute Gasteiger partial charge is 0.404 e. The van der Waals surface area contributed by atoms with Crippen molar-refractivity contribution in [1.82, 2.24) is 0 Å². The van der Waals surface area contributed by atoms with Gasteiger partial charge in [0, 0.05) is 32.0 Å². The Morgan fingerprint density at radius 3 is 2.11 bits per heavy atom. The van der Waals surface area contributed by atoms with Gasteiger partial charge >= 0.3 is 8.80 Å². The third-order valence-electron chi connectivity index (χ3n) is 4.49. The number of carbonyl (C=O) groups is 1. The van der Waals surface area contributed by atoms with Gasteiger partial charge in [0.1, 0.15) is 0 Å². The molecule has 0 unspecified atom stereocenters. The molecule has 0 aliphatic rings. The molecule has 0 saturated heterocycles. The molecule has 0 aliphatic heterocycles. The fraction of sp³-hybridized carbons (Fsp3) is 0.316. The van der Waals surface area contributed by atoms with Crippen molar-refractivity contribution in [2.45, 2.75) is 13.8 Å². The van der Waals surface area contributed by atoms with E-state index in [9.17, 15) is 15.0 Å². The van der Waals surface area contributed by atoms with E-state index in [0.717, 1.165) is 10.8 Å². The molecule has 28 heavy (non-hydrogen) atoms. The first-order valence-electron chi connectivity index (χ1n) is 8.82. The Morgan fingerprint density at radius 2 is 1.61 bits per heavy atom. The normalized spacial score (nSPS) is 12.1. The summed E-state index contributed by atoms with van der Waals surface area (Å²) < 4.78 is 17.9. The standard InChI is InChI=1S/C19H27NO6Si2/c1-15-8-10-18(11-9-15)27(13-21,14-22)26-28(24-3,25-4)19-7-5-6-17(12-19)20-16(2)23/h5-12,21-22H,13-14H2,1-4H3,(H,20,23). The Kier molecular flexibility index (Phi) is 7.66. The molecule has 0 atom stereocenters. The first-order valence-corrected chi connectivity index (χ1v) is 12.9. The van der Waals surface area contributed by atoms with Crippen molar-refractivity contribution in [2.75, 3.05) is 32.0 Å². The van der Waals surface area contributed by atoms with E-state index in [1.165, 1.54) is 21.1 Å². The third kappa shape index (κ3) is 4.76. The lowest BCUT2D eigenvalue weighted by atomic mass is 10.2. The number of benzene rings is 2. The number of anilines is 1. The largest absolute Gasteiger partial charge is 0.526 e. The van der Waals surface area contributed by atoms with E-state index in [0.29, 0.717) is 10.9 Å². The number of aryl methyl sites for hydroxylation is 1. The summed E-state index contributed by atoms with van der Waals surface area (Å²) in [5.74, 6) is -0.200. The van der Waals surface area contributed by atoms with Crippen molar-refractivity contribution in [3.05, 3.63) is 54.1 Å². The molecule has 0 aromatic heterocycles. The van der Waals surface area contributed by atoms with Crippen molar-refractivity contribution in [3.8, 4) is 0 Å². The van der Waals surface area contributed by atoms with Crippen LogP contribution in [0.3, 0.4) is 0 Å². The summed E-state index contributed by atoms with van der Waals surface area (Å²) in [6, 6.07) is 14.5. The molecule has 2 aromatic rings. The number of nitrogens with one attached hydrogen (secondary N) is 1. The second kappa shape index (κ2) is 9.57. The minimum Gasteiger partial charge on any atom is -0.404 e. The van der Waals surface area contributed by atoms with Crippen LogP contribution in [0.25, 0.3) is 0 Å². The predicted octanol–water partition coefficient (Wildman–Crippen LogP) is 0.324. The summed E-state index contributed by atoms with van der Waals surface area (Å²) in [6.45, 7) is 3.38. The number of aliphatic hydroxyl groups is 2. The molecule has 2 rings (SSSR count). The SMILES string of the molecule is CO[Si](OC)(O[Si](CO)(CO)c1ccc(C)cc1)c1cccc(NC(C)=O)c1. The molecule has 7 nitrogen and oxygen atoms in total. The Bertz CT molecular complexity index is 791. The van der Waals surface area contributed by atoms with E-state index in [4.69, 9.17) is 13.0 Å². The highest BCUT2D eigenvalue weighted by atomic mass is 28.5. The third-order valence-corrected chi connectivity index (χ3v) is 11.6. The van der Waals surface area contributed by atoms with Crippen LogP contribution in [-0.4, -0.2) is 59.9 Å². The van der Waals surface area contributed by atoms with Gasteiger partial charge in [0.15, 0.2) is 0 Å². The number of hydrogen-bond acceptors (Lipinski definition) is 6. The highest BCUT2D eigenvalue weighted by Gasteiger charge is 2.51. The van der Waals surface area contributed by atoms with E-state index in [-0.39, 0.29) is 18.4 Å². The predicted molar refractivity (Wildman–Crippen MR) is 112 cm³/mol. The van der Waals surface area contributed by atoms with Crippen LogP contribution in [-0.2, 0) is 17.8 Å². The highest BCUT2D eigenvalue weighted by Crippen LogP contribution is 2.18. The van der Waals surface area contributed by atoms with Crippen LogP contribution >= 0.6 is 0 Å². The number of hydrogen-bond donors (Lipinski definition) is 3. The molecule has 0 radical (unpaired) electrons. The maximum absolute atomic E-state index is 11.4. The van der Waals surface area contributed by atoms with Crippen molar-refractivity contribution < 1.29 is 28.0 Å². The molecule has 0 saturated carbocycles. The van der Waals surface area contributed by atoms with Crippen LogP contribution in [0, 0.1) is 6.92 Å². The summed E-state index contributed by atoms with van der Waals surface area (Å²) in [5.41, 5.74) is 1.64. The van der Waals surface area contributed by atoms with Crippen molar-refractivity contribution in [1.29, 1.82) is 0 Å². The molecule has 0 spiro atoms. The lowest BCUT2D eigenvalue weighted by molar-refractivity contribution is -0.114. The van der Waals surface area contributed by atoms with Crippen LogP contribution in [0.5, 0.6) is 0 Å². The minimum atomic E-state index is -3.49. The van der Waals surface area contributed by atoms with Gasteiger partial charge in [0.2, 0.25) is 5.91 Å². The molecule has 0 fully saturated rings. The van der Waals surface area contributed by atoms with Crippen LogP contribution in [0.2, 0.25) is 0 Å². The Morgan fingerprint density at radius 1 is 1.00 bits per heavy atom. The summed E-state index contributed by atoms with van der Waals surface area (Å²) in [7, 11) is -3.75. The van der Waals surface area contributed by atoms with E-state index >= 15 is 0 Å². The second-order valence-corrected chi connectivity index (χ2v) is 13.0. The number of carbonyl (C=O) groups excluding carboxylic acids is 1. The van der Waals surface area contributed by atoms with Gasteiger partial charge in [-0.3, -0.25) is 4.79 Å². The van der Waals surface area contributed by atoms with E-state index < -0.39 is 17.1 Å². The maximum atomic E-state index is 11.4.